The Balaban J connectivity index is 2.03. The van der Waals surface area contributed by atoms with Gasteiger partial charge in [-0.1, -0.05) is 41.8 Å². The first kappa shape index (κ1) is 14.9. The van der Waals surface area contributed by atoms with E-state index in [1.54, 1.807) is 6.07 Å². The van der Waals surface area contributed by atoms with Gasteiger partial charge in [0.05, 0.1) is 6.61 Å². The molecule has 1 aromatic rings. The smallest absolute Gasteiger partial charge is 0.128 e. The van der Waals surface area contributed by atoms with E-state index in [1.165, 1.54) is 12.5 Å². The van der Waals surface area contributed by atoms with Crippen molar-refractivity contribution in [3.63, 3.8) is 0 Å². The van der Waals surface area contributed by atoms with E-state index >= 15 is 0 Å². The second-order valence-electron chi connectivity index (χ2n) is 5.73. The Kier molecular flexibility index (Phi) is 4.98. The molecule has 1 aliphatic carbocycles. The van der Waals surface area contributed by atoms with Gasteiger partial charge in [-0.05, 0) is 30.9 Å². The number of halogens is 2. The molecule has 0 amide bonds. The van der Waals surface area contributed by atoms with Gasteiger partial charge in [0.1, 0.15) is 5.82 Å². The first-order valence-corrected chi connectivity index (χ1v) is 7.64. The molecule has 1 aromatic carbocycles. The molecule has 0 spiro atoms. The van der Waals surface area contributed by atoms with E-state index in [9.17, 15) is 9.50 Å². The molecule has 0 aliphatic heterocycles. The van der Waals surface area contributed by atoms with Crippen LogP contribution in [0.4, 0.5) is 4.39 Å². The maximum absolute atomic E-state index is 13.8. The van der Waals surface area contributed by atoms with Crippen molar-refractivity contribution >= 4 is 15.9 Å². The van der Waals surface area contributed by atoms with E-state index < -0.39 is 0 Å². The highest BCUT2D eigenvalue weighted by Gasteiger charge is 2.33. The van der Waals surface area contributed by atoms with Crippen molar-refractivity contribution in [1.29, 1.82) is 0 Å². The van der Waals surface area contributed by atoms with Crippen molar-refractivity contribution in [3.8, 4) is 0 Å². The minimum absolute atomic E-state index is 0.121. The van der Waals surface area contributed by atoms with Crippen LogP contribution in [0.1, 0.15) is 38.2 Å². The van der Waals surface area contributed by atoms with E-state index in [4.69, 9.17) is 0 Å². The van der Waals surface area contributed by atoms with Crippen LogP contribution in [0.5, 0.6) is 0 Å². The van der Waals surface area contributed by atoms with Crippen LogP contribution in [-0.2, 0) is 6.54 Å². The standard InChI is InChI=1S/C15H21BrFNO/c1-11-3-2-6-15(8-11,10-19)18-9-12-4-5-13(16)7-14(12)17/h4-5,7,11,18-19H,2-3,6,8-10H2,1H3. The van der Waals surface area contributed by atoms with Gasteiger partial charge in [-0.2, -0.15) is 0 Å². The van der Waals surface area contributed by atoms with Gasteiger partial charge in [0, 0.05) is 22.1 Å². The highest BCUT2D eigenvalue weighted by Crippen LogP contribution is 2.32. The normalized spacial score (nSPS) is 27.5. The van der Waals surface area contributed by atoms with Crippen molar-refractivity contribution < 1.29 is 9.50 Å². The Morgan fingerprint density at radius 3 is 2.95 bits per heavy atom. The van der Waals surface area contributed by atoms with E-state index in [0.717, 1.165) is 23.7 Å². The quantitative estimate of drug-likeness (QED) is 0.884. The number of aliphatic hydroxyl groups is 1. The second-order valence-corrected chi connectivity index (χ2v) is 6.64. The Morgan fingerprint density at radius 1 is 1.53 bits per heavy atom. The van der Waals surface area contributed by atoms with Crippen molar-refractivity contribution in [2.45, 2.75) is 44.7 Å². The summed E-state index contributed by atoms with van der Waals surface area (Å²) in [7, 11) is 0. The zero-order valence-electron chi connectivity index (χ0n) is 11.3. The molecule has 2 unspecified atom stereocenters. The number of hydrogen-bond donors (Lipinski definition) is 2. The minimum Gasteiger partial charge on any atom is -0.394 e. The predicted molar refractivity (Wildman–Crippen MR) is 78.4 cm³/mol. The molecule has 0 saturated heterocycles. The van der Waals surface area contributed by atoms with Crippen LogP contribution >= 0.6 is 15.9 Å². The fourth-order valence-corrected chi connectivity index (χ4v) is 3.30. The molecular formula is C15H21BrFNO. The average molecular weight is 330 g/mol. The van der Waals surface area contributed by atoms with Crippen LogP contribution in [0.15, 0.2) is 22.7 Å². The van der Waals surface area contributed by atoms with E-state index in [0.29, 0.717) is 18.0 Å². The lowest BCUT2D eigenvalue weighted by Crippen LogP contribution is -2.51. The van der Waals surface area contributed by atoms with Crippen molar-refractivity contribution in [2.75, 3.05) is 6.61 Å². The van der Waals surface area contributed by atoms with Crippen LogP contribution in [0.3, 0.4) is 0 Å². The summed E-state index contributed by atoms with van der Waals surface area (Å²) in [6.45, 7) is 2.80. The summed E-state index contributed by atoms with van der Waals surface area (Å²) < 4.78 is 14.5. The first-order chi connectivity index (χ1) is 9.04. The lowest BCUT2D eigenvalue weighted by Gasteiger charge is -2.39. The van der Waals surface area contributed by atoms with Gasteiger partial charge in [-0.3, -0.25) is 0 Å². The second kappa shape index (κ2) is 6.33. The van der Waals surface area contributed by atoms with Gasteiger partial charge >= 0.3 is 0 Å². The fourth-order valence-electron chi connectivity index (χ4n) is 2.97. The van der Waals surface area contributed by atoms with Crippen LogP contribution in [0.25, 0.3) is 0 Å². The number of hydrogen-bond acceptors (Lipinski definition) is 2. The molecule has 1 aliphatic rings. The van der Waals surface area contributed by atoms with E-state index in [-0.39, 0.29) is 18.0 Å². The molecule has 0 radical (unpaired) electrons. The minimum atomic E-state index is -0.239. The van der Waals surface area contributed by atoms with Gasteiger partial charge < -0.3 is 10.4 Å². The molecular weight excluding hydrogens is 309 g/mol. The topological polar surface area (TPSA) is 32.3 Å². The van der Waals surface area contributed by atoms with Crippen molar-refractivity contribution in [3.05, 3.63) is 34.1 Å². The third-order valence-corrected chi connectivity index (χ3v) is 4.56. The number of aliphatic hydroxyl groups excluding tert-OH is 1. The Labute approximate surface area is 122 Å². The maximum Gasteiger partial charge on any atom is 0.128 e. The predicted octanol–water partition coefficient (Wildman–Crippen LogP) is 3.62. The summed E-state index contributed by atoms with van der Waals surface area (Å²) >= 11 is 3.26. The zero-order chi connectivity index (χ0) is 13.9. The summed E-state index contributed by atoms with van der Waals surface area (Å²) in [6, 6.07) is 5.10. The van der Waals surface area contributed by atoms with Crippen LogP contribution in [0, 0.1) is 11.7 Å². The van der Waals surface area contributed by atoms with Crippen LogP contribution < -0.4 is 5.32 Å². The molecule has 2 N–H and O–H groups in total. The summed E-state index contributed by atoms with van der Waals surface area (Å²) in [6.07, 6.45) is 4.27. The Bertz CT molecular complexity index is 440. The zero-order valence-corrected chi connectivity index (χ0v) is 12.8. The van der Waals surface area contributed by atoms with Gasteiger partial charge in [0.2, 0.25) is 0 Å². The summed E-state index contributed by atoms with van der Waals surface area (Å²) in [5, 5.41) is 13.1. The fraction of sp³-hybridized carbons (Fsp3) is 0.600. The number of rotatable bonds is 4. The van der Waals surface area contributed by atoms with Crippen molar-refractivity contribution in [2.24, 2.45) is 5.92 Å². The largest absolute Gasteiger partial charge is 0.394 e. The first-order valence-electron chi connectivity index (χ1n) is 6.84. The van der Waals surface area contributed by atoms with Gasteiger partial charge in [-0.15, -0.1) is 0 Å². The van der Waals surface area contributed by atoms with Crippen LogP contribution in [-0.4, -0.2) is 17.3 Å². The van der Waals surface area contributed by atoms with E-state index in [1.807, 2.05) is 6.07 Å². The Hall–Kier alpha value is -0.450. The molecule has 0 bridgehead atoms. The summed E-state index contributed by atoms with van der Waals surface area (Å²) in [5.41, 5.74) is 0.409. The SMILES string of the molecule is CC1CCCC(CO)(NCc2ccc(Br)cc2F)C1. The Morgan fingerprint density at radius 2 is 2.32 bits per heavy atom. The number of benzene rings is 1. The average Bonchev–Trinajstić information content (AvgIpc) is 2.38. The summed E-state index contributed by atoms with van der Waals surface area (Å²) in [4.78, 5) is 0. The van der Waals surface area contributed by atoms with E-state index in [2.05, 4.69) is 28.2 Å². The van der Waals surface area contributed by atoms with Crippen molar-refractivity contribution in [1.82, 2.24) is 5.32 Å². The molecule has 2 rings (SSSR count). The summed E-state index contributed by atoms with van der Waals surface area (Å²) in [5.74, 6) is 0.405. The number of nitrogens with one attached hydrogen (secondary N) is 1. The monoisotopic (exact) mass is 329 g/mol. The van der Waals surface area contributed by atoms with Gasteiger partial charge in [0.15, 0.2) is 0 Å². The third-order valence-electron chi connectivity index (χ3n) is 4.06. The highest BCUT2D eigenvalue weighted by atomic mass is 79.9. The third kappa shape index (κ3) is 3.77. The van der Waals surface area contributed by atoms with Crippen LogP contribution in [0.2, 0.25) is 0 Å². The molecule has 0 heterocycles. The lowest BCUT2D eigenvalue weighted by molar-refractivity contribution is 0.0979. The maximum atomic E-state index is 13.8. The highest BCUT2D eigenvalue weighted by molar-refractivity contribution is 9.10. The molecule has 1 fully saturated rings. The lowest BCUT2D eigenvalue weighted by atomic mass is 9.77. The molecule has 4 heteroatoms. The molecule has 1 saturated carbocycles. The molecule has 19 heavy (non-hydrogen) atoms. The van der Waals surface area contributed by atoms with Gasteiger partial charge in [-0.25, -0.2) is 4.39 Å². The molecule has 106 valence electrons. The van der Waals surface area contributed by atoms with Gasteiger partial charge in [0.25, 0.3) is 0 Å². The molecule has 2 nitrogen and oxygen atoms in total. The molecule has 2 atom stereocenters. The molecule has 0 aromatic heterocycles.